The minimum atomic E-state index is -3.72. The molecule has 1 saturated heterocycles. The van der Waals surface area contributed by atoms with Crippen LogP contribution in [0.4, 0.5) is 0 Å². The zero-order valence-corrected chi connectivity index (χ0v) is 11.8. The molecule has 5 nitrogen and oxygen atoms in total. The predicted molar refractivity (Wildman–Crippen MR) is 68.5 cm³/mol. The highest BCUT2D eigenvalue weighted by Crippen LogP contribution is 2.35. The summed E-state index contributed by atoms with van der Waals surface area (Å²) in [6.07, 6.45) is 1.59. The third-order valence-electron chi connectivity index (χ3n) is 3.22. The number of hydrogen-bond donors (Lipinski definition) is 1. The van der Waals surface area contributed by atoms with Gasteiger partial charge in [0.25, 0.3) is 0 Å². The summed E-state index contributed by atoms with van der Waals surface area (Å²) in [5.74, 6) is -1.19. The molecule has 0 saturated carbocycles. The van der Waals surface area contributed by atoms with E-state index in [-0.39, 0.29) is 9.77 Å². The lowest BCUT2D eigenvalue weighted by molar-refractivity contribution is 0.0698. The number of rotatable bonds is 3. The van der Waals surface area contributed by atoms with E-state index in [0.29, 0.717) is 6.54 Å². The quantitative estimate of drug-likeness (QED) is 0.923. The van der Waals surface area contributed by atoms with Crippen LogP contribution >= 0.6 is 11.3 Å². The molecule has 1 aromatic heterocycles. The van der Waals surface area contributed by atoms with E-state index in [9.17, 15) is 13.2 Å². The van der Waals surface area contributed by atoms with Crippen LogP contribution in [0.1, 0.15) is 36.4 Å². The molecule has 100 valence electrons. The van der Waals surface area contributed by atoms with Gasteiger partial charge in [0.1, 0.15) is 9.77 Å². The zero-order chi connectivity index (χ0) is 13.6. The highest BCUT2D eigenvalue weighted by atomic mass is 32.2. The van der Waals surface area contributed by atoms with E-state index in [4.69, 9.17) is 5.11 Å². The molecule has 0 bridgehead atoms. The molecule has 0 radical (unpaired) electrons. The largest absolute Gasteiger partial charge is 0.477 e. The smallest absolute Gasteiger partial charge is 0.347 e. The summed E-state index contributed by atoms with van der Waals surface area (Å²) in [4.78, 5) is 10.8. The van der Waals surface area contributed by atoms with Crippen molar-refractivity contribution in [1.29, 1.82) is 0 Å². The van der Waals surface area contributed by atoms with Crippen LogP contribution in [0.3, 0.4) is 0 Å². The zero-order valence-electron chi connectivity index (χ0n) is 10.2. The number of thiophene rings is 1. The highest BCUT2D eigenvalue weighted by molar-refractivity contribution is 7.89. The molecule has 0 spiro atoms. The molecule has 0 unspecified atom stereocenters. The molecule has 0 atom stereocenters. The molecule has 1 aromatic rings. The van der Waals surface area contributed by atoms with Crippen LogP contribution in [0.2, 0.25) is 0 Å². The molecule has 1 aliphatic rings. The summed E-state index contributed by atoms with van der Waals surface area (Å²) in [6.45, 7) is 4.18. The second-order valence-electron chi connectivity index (χ2n) is 4.91. The fourth-order valence-electron chi connectivity index (χ4n) is 2.30. The second kappa shape index (κ2) is 4.32. The van der Waals surface area contributed by atoms with Crippen LogP contribution in [0.5, 0.6) is 0 Å². The third-order valence-corrected chi connectivity index (χ3v) is 6.40. The van der Waals surface area contributed by atoms with Crippen molar-refractivity contribution in [3.8, 4) is 0 Å². The van der Waals surface area contributed by atoms with Gasteiger partial charge in [-0.15, -0.1) is 11.3 Å². The summed E-state index contributed by atoms with van der Waals surface area (Å²) in [6, 6.07) is 1.37. The van der Waals surface area contributed by atoms with Crippen molar-refractivity contribution >= 4 is 27.3 Å². The maximum atomic E-state index is 12.5. The first-order valence-corrected chi connectivity index (χ1v) is 7.92. The lowest BCUT2D eigenvalue weighted by Gasteiger charge is -2.30. The van der Waals surface area contributed by atoms with E-state index in [1.807, 2.05) is 13.8 Å². The molecule has 0 aromatic carbocycles. The Morgan fingerprint density at radius 3 is 2.67 bits per heavy atom. The topological polar surface area (TPSA) is 74.7 Å². The van der Waals surface area contributed by atoms with Crippen molar-refractivity contribution in [2.24, 2.45) is 0 Å². The second-order valence-corrected chi connectivity index (χ2v) is 7.66. The van der Waals surface area contributed by atoms with Crippen molar-refractivity contribution in [2.45, 2.75) is 37.1 Å². The van der Waals surface area contributed by atoms with Gasteiger partial charge in [0.15, 0.2) is 0 Å². The molecular formula is C11H15NO4S2. The van der Waals surface area contributed by atoms with Crippen LogP contribution in [-0.2, 0) is 10.0 Å². The van der Waals surface area contributed by atoms with Gasteiger partial charge in [-0.25, -0.2) is 13.2 Å². The monoisotopic (exact) mass is 289 g/mol. The molecule has 2 rings (SSSR count). The van der Waals surface area contributed by atoms with Gasteiger partial charge in [-0.2, -0.15) is 4.31 Å². The van der Waals surface area contributed by atoms with Crippen molar-refractivity contribution in [1.82, 2.24) is 4.31 Å². The van der Waals surface area contributed by atoms with E-state index in [1.54, 1.807) is 0 Å². The van der Waals surface area contributed by atoms with Crippen molar-refractivity contribution in [3.63, 3.8) is 0 Å². The number of nitrogens with zero attached hydrogens (tertiary/aromatic N) is 1. The Morgan fingerprint density at radius 2 is 2.17 bits per heavy atom. The first-order chi connectivity index (χ1) is 8.27. The van der Waals surface area contributed by atoms with Crippen LogP contribution < -0.4 is 0 Å². The van der Waals surface area contributed by atoms with E-state index in [0.717, 1.165) is 24.2 Å². The Balaban J connectivity index is 2.49. The molecule has 1 aliphatic heterocycles. The molecule has 1 fully saturated rings. The van der Waals surface area contributed by atoms with Crippen LogP contribution in [0, 0.1) is 0 Å². The summed E-state index contributed by atoms with van der Waals surface area (Å²) in [5.41, 5.74) is -0.448. The number of hydrogen-bond acceptors (Lipinski definition) is 4. The Bertz CT molecular complexity index is 574. The Morgan fingerprint density at radius 1 is 1.50 bits per heavy atom. The molecule has 0 amide bonds. The Kier molecular flexibility index (Phi) is 3.25. The maximum Gasteiger partial charge on any atom is 0.347 e. The SMILES string of the molecule is CC1(C)CCCN1S(=O)(=O)c1ccsc1C(=O)O. The molecule has 0 aliphatic carbocycles. The summed E-state index contributed by atoms with van der Waals surface area (Å²) in [5, 5.41) is 10.5. The fraction of sp³-hybridized carbons (Fsp3) is 0.545. The van der Waals surface area contributed by atoms with Gasteiger partial charge in [0.05, 0.1) is 0 Å². The normalized spacial score (nSPS) is 20.1. The first kappa shape index (κ1) is 13.5. The van der Waals surface area contributed by atoms with Crippen LogP contribution in [0.25, 0.3) is 0 Å². The van der Waals surface area contributed by atoms with Gasteiger partial charge in [-0.1, -0.05) is 0 Å². The first-order valence-electron chi connectivity index (χ1n) is 5.60. The van der Waals surface area contributed by atoms with Crippen molar-refractivity contribution in [3.05, 3.63) is 16.3 Å². The van der Waals surface area contributed by atoms with E-state index < -0.39 is 21.5 Å². The number of carboxylic acid groups (broad SMARTS) is 1. The average molecular weight is 289 g/mol. The summed E-state index contributed by atoms with van der Waals surface area (Å²) < 4.78 is 26.4. The van der Waals surface area contributed by atoms with Crippen molar-refractivity contribution in [2.75, 3.05) is 6.54 Å². The van der Waals surface area contributed by atoms with Gasteiger partial charge in [-0.05, 0) is 38.1 Å². The van der Waals surface area contributed by atoms with Gasteiger partial charge < -0.3 is 5.11 Å². The Hall–Kier alpha value is -0.920. The predicted octanol–water partition coefficient (Wildman–Crippen LogP) is 2.01. The maximum absolute atomic E-state index is 12.5. The van der Waals surface area contributed by atoms with E-state index >= 15 is 0 Å². The fourth-order valence-corrected chi connectivity index (χ4v) is 5.39. The van der Waals surface area contributed by atoms with E-state index in [2.05, 4.69) is 0 Å². The number of carboxylic acids is 1. The summed E-state index contributed by atoms with van der Waals surface area (Å²) in [7, 11) is -3.72. The summed E-state index contributed by atoms with van der Waals surface area (Å²) >= 11 is 0.938. The van der Waals surface area contributed by atoms with Gasteiger partial charge in [0, 0.05) is 12.1 Å². The number of carbonyl (C=O) groups is 1. The molecular weight excluding hydrogens is 274 g/mol. The average Bonchev–Trinajstić information content (AvgIpc) is 2.83. The van der Waals surface area contributed by atoms with Crippen molar-refractivity contribution < 1.29 is 18.3 Å². The minimum Gasteiger partial charge on any atom is -0.477 e. The minimum absolute atomic E-state index is 0.0880. The van der Waals surface area contributed by atoms with Gasteiger partial charge in [0.2, 0.25) is 10.0 Å². The number of aromatic carboxylic acids is 1. The standard InChI is InChI=1S/C11H15NO4S2/c1-11(2)5-3-6-12(11)18(15,16)8-4-7-17-9(8)10(13)14/h4,7H,3,5-6H2,1-2H3,(H,13,14). The van der Waals surface area contributed by atoms with Crippen LogP contribution in [-0.4, -0.2) is 35.9 Å². The Labute approximate surface area is 110 Å². The molecule has 1 N–H and O–H groups in total. The van der Waals surface area contributed by atoms with E-state index in [1.165, 1.54) is 15.8 Å². The lowest BCUT2D eigenvalue weighted by Crippen LogP contribution is -2.42. The molecule has 18 heavy (non-hydrogen) atoms. The molecule has 7 heteroatoms. The van der Waals surface area contributed by atoms with Gasteiger partial charge >= 0.3 is 5.97 Å². The lowest BCUT2D eigenvalue weighted by atomic mass is 10.0. The molecule has 2 heterocycles. The van der Waals surface area contributed by atoms with Crippen LogP contribution in [0.15, 0.2) is 16.3 Å². The van der Waals surface area contributed by atoms with Gasteiger partial charge in [-0.3, -0.25) is 0 Å². The number of sulfonamides is 1. The highest BCUT2D eigenvalue weighted by Gasteiger charge is 2.42. The third kappa shape index (κ3) is 2.06.